The molecule has 0 aromatic heterocycles. The number of aryl methyl sites for hydroxylation is 1. The zero-order valence-electron chi connectivity index (χ0n) is 7.21. The smallest absolute Gasteiger partial charge is 0.0500 e. The third kappa shape index (κ3) is 2.48. The predicted molar refractivity (Wildman–Crippen MR) is 49.4 cm³/mol. The monoisotopic (exact) mass is 185 g/mol. The highest BCUT2D eigenvalue weighted by molar-refractivity contribution is 6.31. The fraction of sp³-hybridized carbons (Fsp3) is 0.333. The van der Waals surface area contributed by atoms with E-state index in [9.17, 15) is 0 Å². The van der Waals surface area contributed by atoms with Gasteiger partial charge in [-0.25, -0.2) is 0 Å². The Kier molecular flexibility index (Phi) is 3.09. The molecule has 1 rings (SSSR count). The number of hydroxylamine groups is 2. The molecule has 0 saturated heterocycles. The van der Waals surface area contributed by atoms with Crippen LogP contribution in [0.2, 0.25) is 5.02 Å². The van der Waals surface area contributed by atoms with E-state index < -0.39 is 0 Å². The van der Waals surface area contributed by atoms with Crippen LogP contribution in [0.4, 0.5) is 0 Å². The summed E-state index contributed by atoms with van der Waals surface area (Å²) in [5, 5.41) is 10.8. The predicted octanol–water partition coefficient (Wildman–Crippen LogP) is 2.47. The molecule has 0 saturated carbocycles. The Morgan fingerprint density at radius 3 is 2.67 bits per heavy atom. The fourth-order valence-corrected chi connectivity index (χ4v) is 1.32. The fourth-order valence-electron chi connectivity index (χ4n) is 1.03. The molecule has 0 amide bonds. The van der Waals surface area contributed by atoms with Gasteiger partial charge in [-0.2, -0.15) is 5.06 Å². The second-order valence-electron chi connectivity index (χ2n) is 2.91. The van der Waals surface area contributed by atoms with Crippen LogP contribution in [0, 0.1) is 6.92 Å². The van der Waals surface area contributed by atoms with Crippen LogP contribution in [0.15, 0.2) is 18.2 Å². The lowest BCUT2D eigenvalue weighted by Crippen LogP contribution is -2.11. The number of hydrogen-bond acceptors (Lipinski definition) is 2. The van der Waals surface area contributed by atoms with Crippen molar-refractivity contribution in [3.63, 3.8) is 0 Å². The molecule has 0 unspecified atom stereocenters. The zero-order chi connectivity index (χ0) is 9.14. The lowest BCUT2D eigenvalue weighted by Gasteiger charge is -2.09. The zero-order valence-corrected chi connectivity index (χ0v) is 7.97. The van der Waals surface area contributed by atoms with Crippen molar-refractivity contribution in [1.29, 1.82) is 0 Å². The molecule has 0 radical (unpaired) electrons. The first-order chi connectivity index (χ1) is 5.59. The standard InChI is InChI=1S/C9H12ClNO/c1-7-3-4-8(6-11(2)12)9(10)5-7/h3-5,12H,6H2,1-2H3. The summed E-state index contributed by atoms with van der Waals surface area (Å²) in [7, 11) is 1.59. The van der Waals surface area contributed by atoms with Crippen LogP contribution in [0.25, 0.3) is 0 Å². The maximum atomic E-state index is 8.97. The SMILES string of the molecule is Cc1ccc(CN(C)O)c(Cl)c1. The van der Waals surface area contributed by atoms with Gasteiger partial charge in [-0.3, -0.25) is 0 Å². The van der Waals surface area contributed by atoms with Crippen molar-refractivity contribution in [3.8, 4) is 0 Å². The van der Waals surface area contributed by atoms with E-state index in [4.69, 9.17) is 16.8 Å². The van der Waals surface area contributed by atoms with Gasteiger partial charge in [0, 0.05) is 18.6 Å². The molecule has 0 heterocycles. The molecule has 0 bridgehead atoms. The molecular weight excluding hydrogens is 174 g/mol. The van der Waals surface area contributed by atoms with Crippen LogP contribution in [0.1, 0.15) is 11.1 Å². The summed E-state index contributed by atoms with van der Waals surface area (Å²) < 4.78 is 0. The van der Waals surface area contributed by atoms with Gasteiger partial charge in [0.2, 0.25) is 0 Å². The van der Waals surface area contributed by atoms with Gasteiger partial charge >= 0.3 is 0 Å². The van der Waals surface area contributed by atoms with Gasteiger partial charge in [0.25, 0.3) is 0 Å². The van der Waals surface area contributed by atoms with E-state index in [2.05, 4.69) is 0 Å². The van der Waals surface area contributed by atoms with Crippen molar-refractivity contribution in [3.05, 3.63) is 34.3 Å². The molecule has 0 spiro atoms. The second kappa shape index (κ2) is 3.90. The van der Waals surface area contributed by atoms with E-state index in [-0.39, 0.29) is 0 Å². The third-order valence-electron chi connectivity index (χ3n) is 1.61. The molecular formula is C9H12ClNO. The molecule has 1 aromatic rings. The summed E-state index contributed by atoms with van der Waals surface area (Å²) in [6.45, 7) is 2.44. The molecule has 0 atom stereocenters. The van der Waals surface area contributed by atoms with Crippen molar-refractivity contribution >= 4 is 11.6 Å². The van der Waals surface area contributed by atoms with Gasteiger partial charge in [-0.15, -0.1) is 0 Å². The van der Waals surface area contributed by atoms with Gasteiger partial charge < -0.3 is 5.21 Å². The largest absolute Gasteiger partial charge is 0.314 e. The molecule has 1 N–H and O–H groups in total. The van der Waals surface area contributed by atoms with Gasteiger partial charge in [-0.1, -0.05) is 23.7 Å². The van der Waals surface area contributed by atoms with E-state index in [0.717, 1.165) is 16.2 Å². The third-order valence-corrected chi connectivity index (χ3v) is 1.96. The van der Waals surface area contributed by atoms with E-state index >= 15 is 0 Å². The Balaban J connectivity index is 2.86. The molecule has 0 fully saturated rings. The maximum Gasteiger partial charge on any atom is 0.0500 e. The van der Waals surface area contributed by atoms with Crippen molar-refractivity contribution in [2.45, 2.75) is 13.5 Å². The van der Waals surface area contributed by atoms with Gasteiger partial charge in [0.1, 0.15) is 0 Å². The highest BCUT2D eigenvalue weighted by atomic mass is 35.5. The quantitative estimate of drug-likeness (QED) is 0.716. The number of hydrogen-bond donors (Lipinski definition) is 1. The van der Waals surface area contributed by atoms with E-state index in [1.165, 1.54) is 0 Å². The Hall–Kier alpha value is -0.570. The Labute approximate surface area is 77.3 Å². The molecule has 1 aromatic carbocycles. The average Bonchev–Trinajstić information content (AvgIpc) is 1.94. The average molecular weight is 186 g/mol. The van der Waals surface area contributed by atoms with Crippen LogP contribution >= 0.6 is 11.6 Å². The topological polar surface area (TPSA) is 23.5 Å². The van der Waals surface area contributed by atoms with Gasteiger partial charge in [0.15, 0.2) is 0 Å². The van der Waals surface area contributed by atoms with Crippen molar-refractivity contribution in [2.75, 3.05) is 7.05 Å². The minimum absolute atomic E-state index is 0.457. The van der Waals surface area contributed by atoms with Crippen molar-refractivity contribution in [2.24, 2.45) is 0 Å². The lowest BCUT2D eigenvalue weighted by atomic mass is 10.1. The first kappa shape index (κ1) is 9.52. The molecule has 0 aliphatic heterocycles. The van der Waals surface area contributed by atoms with Gasteiger partial charge in [-0.05, 0) is 24.1 Å². The van der Waals surface area contributed by atoms with Crippen LogP contribution in [0.5, 0.6) is 0 Å². The summed E-state index contributed by atoms with van der Waals surface area (Å²) in [5.41, 5.74) is 2.07. The van der Waals surface area contributed by atoms with E-state index in [0.29, 0.717) is 11.6 Å². The normalized spacial score (nSPS) is 10.8. The summed E-state index contributed by atoms with van der Waals surface area (Å²) in [6, 6.07) is 5.79. The molecule has 2 nitrogen and oxygen atoms in total. The number of benzene rings is 1. The van der Waals surface area contributed by atoms with Crippen molar-refractivity contribution < 1.29 is 5.21 Å². The van der Waals surface area contributed by atoms with Crippen LogP contribution < -0.4 is 0 Å². The van der Waals surface area contributed by atoms with E-state index in [1.54, 1.807) is 7.05 Å². The van der Waals surface area contributed by atoms with Crippen LogP contribution in [-0.2, 0) is 6.54 Å². The summed E-state index contributed by atoms with van der Waals surface area (Å²) in [6.07, 6.45) is 0. The first-order valence-corrected chi connectivity index (χ1v) is 4.12. The number of rotatable bonds is 2. The Morgan fingerprint density at radius 2 is 2.17 bits per heavy atom. The maximum absolute atomic E-state index is 8.97. The molecule has 0 aliphatic carbocycles. The molecule has 0 aliphatic rings. The van der Waals surface area contributed by atoms with E-state index in [1.807, 2.05) is 25.1 Å². The number of nitrogens with zero attached hydrogens (tertiary/aromatic N) is 1. The Bertz CT molecular complexity index is 273. The first-order valence-electron chi connectivity index (χ1n) is 3.74. The summed E-state index contributed by atoms with van der Waals surface area (Å²) in [4.78, 5) is 0. The molecule has 3 heteroatoms. The lowest BCUT2D eigenvalue weighted by molar-refractivity contribution is -0.0731. The minimum Gasteiger partial charge on any atom is -0.314 e. The highest BCUT2D eigenvalue weighted by Gasteiger charge is 2.01. The van der Waals surface area contributed by atoms with Crippen LogP contribution in [0.3, 0.4) is 0 Å². The summed E-state index contributed by atoms with van der Waals surface area (Å²) in [5.74, 6) is 0. The van der Waals surface area contributed by atoms with Crippen LogP contribution in [-0.4, -0.2) is 17.3 Å². The highest BCUT2D eigenvalue weighted by Crippen LogP contribution is 2.18. The number of halogens is 1. The summed E-state index contributed by atoms with van der Waals surface area (Å²) >= 11 is 5.94. The van der Waals surface area contributed by atoms with Crippen molar-refractivity contribution in [1.82, 2.24) is 5.06 Å². The minimum atomic E-state index is 0.457. The molecule has 66 valence electrons. The molecule has 12 heavy (non-hydrogen) atoms. The second-order valence-corrected chi connectivity index (χ2v) is 3.32. The Morgan fingerprint density at radius 1 is 1.50 bits per heavy atom. The van der Waals surface area contributed by atoms with Gasteiger partial charge in [0.05, 0.1) is 0 Å².